The third-order valence-corrected chi connectivity index (χ3v) is 6.61. The predicted molar refractivity (Wildman–Crippen MR) is 146 cm³/mol. The highest BCUT2D eigenvalue weighted by Crippen LogP contribution is 2.37. The van der Waals surface area contributed by atoms with Gasteiger partial charge in [-0.15, -0.1) is 0 Å². The molecule has 0 spiro atoms. The number of anilines is 5. The molecule has 1 N–H and O–H groups in total. The Labute approximate surface area is 220 Å². The Balaban J connectivity index is 1.36. The molecular formula is C26H28ClFN8O. The molecule has 0 saturated heterocycles. The molecule has 5 rings (SSSR count). The van der Waals surface area contributed by atoms with E-state index in [1.54, 1.807) is 11.0 Å². The summed E-state index contributed by atoms with van der Waals surface area (Å²) in [4.78, 5) is 34.3. The van der Waals surface area contributed by atoms with Crippen molar-refractivity contribution in [2.45, 2.75) is 6.42 Å². The standard InChI is InChI=1S/C26H28ClFN8O/c1-33(2)13-5-14-34(3)18-10-8-17(9-11-18)31-25-30-16-19-23(32-25)35-15-12-29-26(35)36(24(19)37)22-20(27)6-4-7-21(22)28/h4,6-11,16H,5,12-15H2,1-3H3,(H,30,31,32). The zero-order valence-corrected chi connectivity index (χ0v) is 21.7. The fraction of sp³-hybridized carbons (Fsp3) is 0.308. The molecule has 0 fully saturated rings. The minimum absolute atomic E-state index is 0.0283. The minimum atomic E-state index is -0.607. The first-order valence-corrected chi connectivity index (χ1v) is 12.4. The molecule has 9 nitrogen and oxygen atoms in total. The maximum atomic E-state index is 14.7. The summed E-state index contributed by atoms with van der Waals surface area (Å²) in [6.45, 7) is 2.95. The van der Waals surface area contributed by atoms with Crippen molar-refractivity contribution >= 4 is 52.3 Å². The van der Waals surface area contributed by atoms with Gasteiger partial charge in [0.1, 0.15) is 17.1 Å². The van der Waals surface area contributed by atoms with Crippen LogP contribution in [0.2, 0.25) is 5.02 Å². The van der Waals surface area contributed by atoms with Crippen molar-refractivity contribution in [2.75, 3.05) is 67.3 Å². The zero-order chi connectivity index (χ0) is 26.1. The first-order valence-electron chi connectivity index (χ1n) is 12.0. The Morgan fingerprint density at radius 3 is 2.62 bits per heavy atom. The Morgan fingerprint density at radius 2 is 1.89 bits per heavy atom. The molecule has 0 unspecified atom stereocenters. The Kier molecular flexibility index (Phi) is 6.94. The summed E-state index contributed by atoms with van der Waals surface area (Å²) in [6.07, 6.45) is 2.53. The second-order valence-corrected chi connectivity index (χ2v) is 9.63. The minimum Gasteiger partial charge on any atom is -0.375 e. The van der Waals surface area contributed by atoms with Crippen LogP contribution >= 0.6 is 11.6 Å². The molecule has 2 aromatic carbocycles. The molecule has 192 valence electrons. The van der Waals surface area contributed by atoms with Crippen LogP contribution < -0.4 is 20.0 Å². The number of halogens is 2. The normalized spacial score (nSPS) is 14.5. The van der Waals surface area contributed by atoms with Gasteiger partial charge < -0.3 is 15.1 Å². The van der Waals surface area contributed by atoms with Gasteiger partial charge in [-0.2, -0.15) is 4.98 Å². The van der Waals surface area contributed by atoms with E-state index < -0.39 is 11.7 Å². The number of hydrogen-bond acceptors (Lipinski definition) is 8. The van der Waals surface area contributed by atoms with Crippen LogP contribution in [-0.2, 0) is 0 Å². The van der Waals surface area contributed by atoms with Crippen LogP contribution in [0.25, 0.3) is 0 Å². The largest absolute Gasteiger partial charge is 0.375 e. The lowest BCUT2D eigenvalue weighted by Gasteiger charge is -2.35. The molecule has 2 aliphatic rings. The number of fused-ring (bicyclic) bond motifs is 3. The van der Waals surface area contributed by atoms with Crippen LogP contribution in [0.1, 0.15) is 16.8 Å². The van der Waals surface area contributed by atoms with E-state index in [2.05, 4.69) is 51.2 Å². The molecular weight excluding hydrogens is 495 g/mol. The van der Waals surface area contributed by atoms with Gasteiger partial charge in [0, 0.05) is 37.7 Å². The van der Waals surface area contributed by atoms with E-state index in [-0.39, 0.29) is 16.3 Å². The third-order valence-electron chi connectivity index (χ3n) is 6.30. The van der Waals surface area contributed by atoms with Crippen molar-refractivity contribution in [3.05, 3.63) is 65.1 Å². The maximum Gasteiger partial charge on any atom is 0.270 e. The van der Waals surface area contributed by atoms with Crippen molar-refractivity contribution in [1.29, 1.82) is 0 Å². The number of nitrogens with zero attached hydrogens (tertiary/aromatic N) is 7. The first kappa shape index (κ1) is 24.9. The molecule has 1 aromatic heterocycles. The van der Waals surface area contributed by atoms with Crippen molar-refractivity contribution in [3.63, 3.8) is 0 Å². The Morgan fingerprint density at radius 1 is 1.11 bits per heavy atom. The first-order chi connectivity index (χ1) is 17.8. The van der Waals surface area contributed by atoms with Crippen LogP contribution in [0.3, 0.4) is 0 Å². The number of amides is 1. The number of aliphatic imine (C=N–C) groups is 1. The zero-order valence-electron chi connectivity index (χ0n) is 20.9. The molecule has 3 aromatic rings. The predicted octanol–water partition coefficient (Wildman–Crippen LogP) is 4.24. The Hall–Kier alpha value is -3.76. The number of aromatic nitrogens is 2. The fourth-order valence-corrected chi connectivity index (χ4v) is 4.66. The van der Waals surface area contributed by atoms with Crippen molar-refractivity contribution in [3.8, 4) is 0 Å². The molecule has 0 saturated carbocycles. The number of nitrogens with one attached hydrogen (secondary N) is 1. The highest BCUT2D eigenvalue weighted by Gasteiger charge is 2.41. The van der Waals surface area contributed by atoms with Crippen molar-refractivity contribution < 1.29 is 9.18 Å². The van der Waals surface area contributed by atoms with E-state index in [1.165, 1.54) is 23.2 Å². The lowest BCUT2D eigenvalue weighted by molar-refractivity contribution is 0.0999. The number of carbonyl (C=O) groups excluding carboxylic acids is 1. The van der Waals surface area contributed by atoms with Gasteiger partial charge in [0.15, 0.2) is 5.82 Å². The monoisotopic (exact) mass is 522 g/mol. The molecule has 11 heteroatoms. The number of hydrogen-bond donors (Lipinski definition) is 1. The highest BCUT2D eigenvalue weighted by molar-refractivity contribution is 6.38. The number of carbonyl (C=O) groups is 1. The molecule has 0 bridgehead atoms. The third kappa shape index (κ3) is 4.94. The summed E-state index contributed by atoms with van der Waals surface area (Å²) < 4.78 is 14.7. The summed E-state index contributed by atoms with van der Waals surface area (Å²) in [5, 5.41) is 3.34. The number of guanidine groups is 1. The number of para-hydroxylation sites is 1. The molecule has 3 heterocycles. The summed E-state index contributed by atoms with van der Waals surface area (Å²) >= 11 is 6.28. The van der Waals surface area contributed by atoms with Gasteiger partial charge in [-0.1, -0.05) is 17.7 Å². The number of rotatable bonds is 8. The quantitative estimate of drug-likeness (QED) is 0.474. The lowest BCUT2D eigenvalue weighted by Crippen LogP contribution is -2.51. The number of benzene rings is 2. The maximum absolute atomic E-state index is 14.7. The molecule has 1 amide bonds. The van der Waals surface area contributed by atoms with Crippen molar-refractivity contribution in [2.24, 2.45) is 4.99 Å². The van der Waals surface area contributed by atoms with Crippen LogP contribution in [0, 0.1) is 5.82 Å². The molecule has 0 aliphatic carbocycles. The van der Waals surface area contributed by atoms with Gasteiger partial charge in [-0.05, 0) is 63.5 Å². The summed E-state index contributed by atoms with van der Waals surface area (Å²) in [6, 6.07) is 12.3. The van der Waals surface area contributed by atoms with Gasteiger partial charge >= 0.3 is 0 Å². The van der Waals surface area contributed by atoms with E-state index in [0.29, 0.717) is 30.8 Å². The van der Waals surface area contributed by atoms with E-state index in [9.17, 15) is 9.18 Å². The lowest BCUT2D eigenvalue weighted by atomic mass is 10.1. The second kappa shape index (κ2) is 10.3. The van der Waals surface area contributed by atoms with E-state index in [0.717, 1.165) is 30.9 Å². The van der Waals surface area contributed by atoms with Crippen LogP contribution in [0.15, 0.2) is 53.7 Å². The molecule has 0 atom stereocenters. The van der Waals surface area contributed by atoms with Gasteiger partial charge in [0.05, 0.1) is 11.6 Å². The summed E-state index contributed by atoms with van der Waals surface area (Å²) in [7, 11) is 6.23. The van der Waals surface area contributed by atoms with Crippen LogP contribution in [0.4, 0.5) is 33.2 Å². The average molecular weight is 523 g/mol. The molecule has 0 radical (unpaired) electrons. The van der Waals surface area contributed by atoms with Crippen molar-refractivity contribution in [1.82, 2.24) is 14.9 Å². The molecule has 2 aliphatic heterocycles. The average Bonchev–Trinajstić information content (AvgIpc) is 3.36. The SMILES string of the molecule is CN(C)CCCN(C)c1ccc(Nc2ncc3c(n2)N2CCN=C2N(c2c(F)cccc2Cl)C3=O)cc1. The second-order valence-electron chi connectivity index (χ2n) is 9.23. The van der Waals surface area contributed by atoms with Gasteiger partial charge in [-0.25, -0.2) is 14.3 Å². The smallest absolute Gasteiger partial charge is 0.270 e. The molecule has 37 heavy (non-hydrogen) atoms. The van der Waals surface area contributed by atoms with Crippen LogP contribution in [0.5, 0.6) is 0 Å². The summed E-state index contributed by atoms with van der Waals surface area (Å²) in [5.74, 6) is -0.00488. The fourth-order valence-electron chi connectivity index (χ4n) is 4.41. The van der Waals surface area contributed by atoms with E-state index >= 15 is 0 Å². The van der Waals surface area contributed by atoms with Gasteiger partial charge in [-0.3, -0.25) is 14.7 Å². The van der Waals surface area contributed by atoms with Gasteiger partial charge in [0.2, 0.25) is 11.9 Å². The Bertz CT molecular complexity index is 1330. The van der Waals surface area contributed by atoms with E-state index in [4.69, 9.17) is 11.6 Å². The van der Waals surface area contributed by atoms with Gasteiger partial charge in [0.25, 0.3) is 5.91 Å². The summed E-state index contributed by atoms with van der Waals surface area (Å²) in [5.41, 5.74) is 2.16. The van der Waals surface area contributed by atoms with Crippen LogP contribution in [-0.4, -0.2) is 74.1 Å². The highest BCUT2D eigenvalue weighted by atomic mass is 35.5. The topological polar surface area (TPSA) is 80.2 Å². The van der Waals surface area contributed by atoms with E-state index in [1.807, 2.05) is 24.3 Å².